The quantitative estimate of drug-likeness (QED) is 0.792. The fourth-order valence-corrected chi connectivity index (χ4v) is 4.38. The van der Waals surface area contributed by atoms with E-state index < -0.39 is 21.7 Å². The lowest BCUT2D eigenvalue weighted by Crippen LogP contribution is -2.43. The number of pyridine rings is 1. The number of aromatic nitrogens is 1. The number of rotatable bonds is 5. The summed E-state index contributed by atoms with van der Waals surface area (Å²) >= 11 is 5.73. The summed E-state index contributed by atoms with van der Waals surface area (Å²) in [6.07, 6.45) is 3.56. The van der Waals surface area contributed by atoms with E-state index in [1.54, 1.807) is 0 Å². The standard InChI is InChI=1S/C18H19ClFN3O4S/c1-28(25,26)23(14-5-8-27-9-6-14)17-10-12(4-7-21-17)18(24)22-13-2-3-16(20)15(19)11-13/h2-4,7,10-11,14H,5-6,8-9H2,1H3,(H,22,24). The maximum Gasteiger partial charge on any atom is 0.255 e. The Balaban J connectivity index is 1.87. The van der Waals surface area contributed by atoms with E-state index in [2.05, 4.69) is 10.3 Å². The van der Waals surface area contributed by atoms with Gasteiger partial charge < -0.3 is 10.1 Å². The molecule has 1 amide bonds. The van der Waals surface area contributed by atoms with Crippen molar-refractivity contribution in [2.75, 3.05) is 29.1 Å². The summed E-state index contributed by atoms with van der Waals surface area (Å²) in [5.74, 6) is -0.919. The van der Waals surface area contributed by atoms with Gasteiger partial charge in [0.2, 0.25) is 10.0 Å². The third-order valence-corrected chi connectivity index (χ3v) is 5.78. The van der Waals surface area contributed by atoms with Crippen LogP contribution in [0.2, 0.25) is 5.02 Å². The molecule has 0 unspecified atom stereocenters. The number of halogens is 2. The van der Waals surface area contributed by atoms with Crippen LogP contribution in [0.5, 0.6) is 0 Å². The second kappa shape index (κ2) is 8.42. The molecule has 1 saturated heterocycles. The first-order valence-electron chi connectivity index (χ1n) is 8.55. The number of nitrogens with one attached hydrogen (secondary N) is 1. The van der Waals surface area contributed by atoms with Crippen molar-refractivity contribution < 1.29 is 22.3 Å². The second-order valence-electron chi connectivity index (χ2n) is 6.39. The van der Waals surface area contributed by atoms with Gasteiger partial charge in [-0.2, -0.15) is 0 Å². The molecule has 1 aromatic carbocycles. The van der Waals surface area contributed by atoms with Gasteiger partial charge in [-0.3, -0.25) is 9.10 Å². The van der Waals surface area contributed by atoms with Gasteiger partial charge in [-0.05, 0) is 43.2 Å². The van der Waals surface area contributed by atoms with Crippen molar-refractivity contribution >= 4 is 39.0 Å². The second-order valence-corrected chi connectivity index (χ2v) is 8.65. The summed E-state index contributed by atoms with van der Waals surface area (Å²) in [6.45, 7) is 0.921. The van der Waals surface area contributed by atoms with E-state index in [-0.39, 0.29) is 22.4 Å². The summed E-state index contributed by atoms with van der Waals surface area (Å²) in [5.41, 5.74) is 0.533. The average molecular weight is 428 g/mol. The van der Waals surface area contributed by atoms with Crippen LogP contribution in [-0.4, -0.2) is 44.8 Å². The molecule has 0 saturated carbocycles. The van der Waals surface area contributed by atoms with Crippen molar-refractivity contribution in [3.63, 3.8) is 0 Å². The van der Waals surface area contributed by atoms with Gasteiger partial charge >= 0.3 is 0 Å². The Bertz CT molecular complexity index is 981. The molecule has 1 aliphatic rings. The minimum Gasteiger partial charge on any atom is -0.381 e. The number of amides is 1. The molecule has 1 fully saturated rings. The van der Waals surface area contributed by atoms with Gasteiger partial charge in [-0.15, -0.1) is 0 Å². The maximum atomic E-state index is 13.3. The lowest BCUT2D eigenvalue weighted by Gasteiger charge is -2.33. The zero-order chi connectivity index (χ0) is 20.3. The number of hydrogen-bond acceptors (Lipinski definition) is 5. The predicted molar refractivity (Wildman–Crippen MR) is 105 cm³/mol. The summed E-state index contributed by atoms with van der Waals surface area (Å²) < 4.78 is 44.5. The van der Waals surface area contributed by atoms with Crippen molar-refractivity contribution in [2.45, 2.75) is 18.9 Å². The van der Waals surface area contributed by atoms with Crippen LogP contribution in [0.25, 0.3) is 0 Å². The van der Waals surface area contributed by atoms with Gasteiger partial charge in [-0.25, -0.2) is 17.8 Å². The Labute approximate surface area is 167 Å². The Hall–Kier alpha value is -2.23. The molecule has 2 heterocycles. The van der Waals surface area contributed by atoms with Crippen LogP contribution in [0.4, 0.5) is 15.9 Å². The van der Waals surface area contributed by atoms with E-state index in [0.717, 1.165) is 12.3 Å². The Morgan fingerprint density at radius 2 is 2.00 bits per heavy atom. The van der Waals surface area contributed by atoms with Crippen LogP contribution in [0.3, 0.4) is 0 Å². The van der Waals surface area contributed by atoms with E-state index in [1.165, 1.54) is 34.8 Å². The average Bonchev–Trinajstić information content (AvgIpc) is 2.65. The number of carbonyl (C=O) groups is 1. The summed E-state index contributed by atoms with van der Waals surface area (Å²) in [5, 5.41) is 2.49. The third-order valence-electron chi connectivity index (χ3n) is 4.29. The number of nitrogens with zero attached hydrogens (tertiary/aromatic N) is 2. The van der Waals surface area contributed by atoms with Crippen molar-refractivity contribution in [1.29, 1.82) is 0 Å². The van der Waals surface area contributed by atoms with Crippen molar-refractivity contribution in [2.24, 2.45) is 0 Å². The highest BCUT2D eigenvalue weighted by Crippen LogP contribution is 2.25. The van der Waals surface area contributed by atoms with Crippen LogP contribution >= 0.6 is 11.6 Å². The molecule has 0 spiro atoms. The minimum atomic E-state index is -3.60. The molecule has 0 radical (unpaired) electrons. The SMILES string of the molecule is CS(=O)(=O)N(c1cc(C(=O)Nc2ccc(F)c(Cl)c2)ccn1)C1CCOCC1. The molecule has 150 valence electrons. The molecule has 0 aliphatic carbocycles. The van der Waals surface area contributed by atoms with Gasteiger partial charge in [0, 0.05) is 30.7 Å². The highest BCUT2D eigenvalue weighted by molar-refractivity contribution is 7.92. The van der Waals surface area contributed by atoms with E-state index in [9.17, 15) is 17.6 Å². The number of sulfonamides is 1. The predicted octanol–water partition coefficient (Wildman–Crippen LogP) is 3.07. The smallest absolute Gasteiger partial charge is 0.255 e. The monoisotopic (exact) mass is 427 g/mol. The number of hydrogen-bond donors (Lipinski definition) is 1. The van der Waals surface area contributed by atoms with Gasteiger partial charge in [0.15, 0.2) is 0 Å². The number of carbonyl (C=O) groups excluding carboxylic acids is 1. The largest absolute Gasteiger partial charge is 0.381 e. The zero-order valence-corrected chi connectivity index (χ0v) is 16.6. The first kappa shape index (κ1) is 20.5. The summed E-state index contributed by atoms with van der Waals surface area (Å²) in [4.78, 5) is 16.7. The molecular weight excluding hydrogens is 409 g/mol. The molecule has 7 nitrogen and oxygen atoms in total. The van der Waals surface area contributed by atoms with E-state index in [4.69, 9.17) is 16.3 Å². The van der Waals surface area contributed by atoms with Gasteiger partial charge in [0.05, 0.1) is 17.3 Å². The fraction of sp³-hybridized carbons (Fsp3) is 0.333. The highest BCUT2D eigenvalue weighted by atomic mass is 35.5. The van der Waals surface area contributed by atoms with E-state index >= 15 is 0 Å². The van der Waals surface area contributed by atoms with E-state index in [0.29, 0.717) is 31.7 Å². The molecular formula is C18H19ClFN3O4S. The number of anilines is 2. The first-order valence-corrected chi connectivity index (χ1v) is 10.8. The lowest BCUT2D eigenvalue weighted by molar-refractivity contribution is 0.0874. The normalized spacial score (nSPS) is 15.2. The van der Waals surface area contributed by atoms with Crippen LogP contribution in [0.15, 0.2) is 36.5 Å². The van der Waals surface area contributed by atoms with Gasteiger partial charge in [-0.1, -0.05) is 11.6 Å². The molecule has 0 bridgehead atoms. The summed E-state index contributed by atoms with van der Waals surface area (Å²) in [7, 11) is -3.60. The van der Waals surface area contributed by atoms with Crippen molar-refractivity contribution in [3.05, 3.63) is 52.9 Å². The topological polar surface area (TPSA) is 88.6 Å². The van der Waals surface area contributed by atoms with Crippen molar-refractivity contribution in [1.82, 2.24) is 4.98 Å². The third kappa shape index (κ3) is 4.78. The van der Waals surface area contributed by atoms with Crippen molar-refractivity contribution in [3.8, 4) is 0 Å². The first-order chi connectivity index (χ1) is 13.3. The highest BCUT2D eigenvalue weighted by Gasteiger charge is 2.30. The van der Waals surface area contributed by atoms with Crippen LogP contribution in [0, 0.1) is 5.82 Å². The summed E-state index contributed by atoms with van der Waals surface area (Å²) in [6, 6.07) is 6.41. The van der Waals surface area contributed by atoms with Gasteiger partial charge in [0.1, 0.15) is 11.6 Å². The molecule has 0 atom stereocenters. The van der Waals surface area contributed by atoms with Crippen LogP contribution in [-0.2, 0) is 14.8 Å². The minimum absolute atomic E-state index is 0.115. The lowest BCUT2D eigenvalue weighted by atomic mass is 10.1. The van der Waals surface area contributed by atoms with Crippen LogP contribution in [0.1, 0.15) is 23.2 Å². The molecule has 28 heavy (non-hydrogen) atoms. The van der Waals surface area contributed by atoms with Crippen LogP contribution < -0.4 is 9.62 Å². The number of benzene rings is 1. The molecule has 1 aromatic heterocycles. The molecule has 1 N–H and O–H groups in total. The Morgan fingerprint density at radius 1 is 1.29 bits per heavy atom. The Morgan fingerprint density at radius 3 is 2.64 bits per heavy atom. The number of ether oxygens (including phenoxy) is 1. The molecule has 3 rings (SSSR count). The van der Waals surface area contributed by atoms with Gasteiger partial charge in [0.25, 0.3) is 5.91 Å². The molecule has 10 heteroatoms. The molecule has 1 aliphatic heterocycles. The molecule has 2 aromatic rings. The zero-order valence-electron chi connectivity index (χ0n) is 15.1. The fourth-order valence-electron chi connectivity index (χ4n) is 3.00. The maximum absolute atomic E-state index is 13.3. The van der Waals surface area contributed by atoms with E-state index in [1.807, 2.05) is 0 Å². The Kier molecular flexibility index (Phi) is 6.17.